The Morgan fingerprint density at radius 1 is 1.50 bits per heavy atom. The molecule has 1 aliphatic rings. The van der Waals surface area contributed by atoms with Gasteiger partial charge in [0.25, 0.3) is 0 Å². The van der Waals surface area contributed by atoms with E-state index in [2.05, 4.69) is 6.58 Å². The highest BCUT2D eigenvalue weighted by molar-refractivity contribution is 7.18. The summed E-state index contributed by atoms with van der Waals surface area (Å²) in [7, 11) is 0. The second-order valence-electron chi connectivity index (χ2n) is 3.53. The summed E-state index contributed by atoms with van der Waals surface area (Å²) in [6.07, 6.45) is 1.29. The van der Waals surface area contributed by atoms with E-state index in [0.717, 1.165) is 6.42 Å². The molecule has 0 aliphatic carbocycles. The number of ketones is 1. The van der Waals surface area contributed by atoms with Gasteiger partial charge >= 0.3 is 0 Å². The van der Waals surface area contributed by atoms with Crippen LogP contribution in [0.5, 0.6) is 0 Å². The lowest BCUT2D eigenvalue weighted by molar-refractivity contribution is -0.125. The lowest BCUT2D eigenvalue weighted by Crippen LogP contribution is -2.27. The third-order valence-electron chi connectivity index (χ3n) is 2.46. The van der Waals surface area contributed by atoms with Gasteiger partial charge in [-0.05, 0) is 18.6 Å². The van der Waals surface area contributed by atoms with Crippen molar-refractivity contribution < 1.29 is 9.59 Å². The number of allylic oxidation sites excluding steroid dienone is 1. The molecule has 1 saturated heterocycles. The molecule has 0 unspecified atom stereocenters. The van der Waals surface area contributed by atoms with Crippen molar-refractivity contribution in [1.29, 1.82) is 0 Å². The largest absolute Gasteiger partial charge is 0.309 e. The lowest BCUT2D eigenvalue weighted by atomic mass is 10.2. The molecule has 0 spiro atoms. The van der Waals surface area contributed by atoms with E-state index in [1.165, 1.54) is 16.2 Å². The van der Waals surface area contributed by atoms with Gasteiger partial charge in [-0.25, -0.2) is 0 Å². The number of carbonyl (C=O) groups excluding carboxylic acids is 2. The first-order valence-corrected chi connectivity index (χ1v) is 6.08. The highest BCUT2D eigenvalue weighted by Crippen LogP contribution is 2.25. The molecular formula is C11H10ClNO2S. The maximum Gasteiger partial charge on any atom is 0.227 e. The lowest BCUT2D eigenvalue weighted by Gasteiger charge is -2.16. The van der Waals surface area contributed by atoms with Crippen molar-refractivity contribution >= 4 is 34.6 Å². The Kier molecular flexibility index (Phi) is 3.12. The normalized spacial score (nSPS) is 15.6. The summed E-state index contributed by atoms with van der Waals surface area (Å²) in [4.78, 5) is 25.4. The Balaban J connectivity index is 2.16. The number of likely N-dealkylation sites (tertiary alicyclic amines) is 1. The van der Waals surface area contributed by atoms with Crippen LogP contribution >= 0.6 is 22.9 Å². The Morgan fingerprint density at radius 3 is 2.75 bits per heavy atom. The van der Waals surface area contributed by atoms with Crippen LogP contribution < -0.4 is 0 Å². The van der Waals surface area contributed by atoms with Crippen LogP contribution in [0.4, 0.5) is 0 Å². The number of hydrogen-bond acceptors (Lipinski definition) is 3. The van der Waals surface area contributed by atoms with Crippen LogP contribution in [0.15, 0.2) is 24.4 Å². The first kappa shape index (κ1) is 11.4. The van der Waals surface area contributed by atoms with Crippen molar-refractivity contribution in [3.05, 3.63) is 33.6 Å². The Bertz CT molecular complexity index is 466. The first-order chi connectivity index (χ1) is 7.59. The Labute approximate surface area is 102 Å². The van der Waals surface area contributed by atoms with Crippen molar-refractivity contribution in [3.63, 3.8) is 0 Å². The molecule has 1 amide bonds. The quantitative estimate of drug-likeness (QED) is 0.615. The monoisotopic (exact) mass is 255 g/mol. The minimum Gasteiger partial charge on any atom is -0.309 e. The molecule has 5 heteroatoms. The molecule has 0 aromatic carbocycles. The molecule has 1 aromatic rings. The third kappa shape index (κ3) is 2.03. The molecule has 16 heavy (non-hydrogen) atoms. The predicted octanol–water partition coefficient (Wildman–Crippen LogP) is 2.72. The minimum atomic E-state index is -0.216. The van der Waals surface area contributed by atoms with E-state index in [4.69, 9.17) is 11.6 Å². The summed E-state index contributed by atoms with van der Waals surface area (Å²) in [5.41, 5.74) is 0.251. The summed E-state index contributed by atoms with van der Waals surface area (Å²) >= 11 is 6.95. The fraction of sp³-hybridized carbons (Fsp3) is 0.273. The zero-order valence-electron chi connectivity index (χ0n) is 8.53. The van der Waals surface area contributed by atoms with Crippen LogP contribution in [0.1, 0.15) is 22.5 Å². The number of thiophene rings is 1. The van der Waals surface area contributed by atoms with E-state index in [1.54, 1.807) is 12.1 Å². The van der Waals surface area contributed by atoms with Gasteiger partial charge in [-0.1, -0.05) is 18.2 Å². The number of hydrogen-bond donors (Lipinski definition) is 0. The molecule has 2 rings (SSSR count). The number of amides is 1. The van der Waals surface area contributed by atoms with Crippen LogP contribution in [0, 0.1) is 0 Å². The van der Waals surface area contributed by atoms with Crippen molar-refractivity contribution in [2.24, 2.45) is 0 Å². The summed E-state index contributed by atoms with van der Waals surface area (Å²) in [5, 5.41) is 0. The fourth-order valence-corrected chi connectivity index (χ4v) is 2.64. The fourth-order valence-electron chi connectivity index (χ4n) is 1.63. The SMILES string of the molecule is C=C(C(=O)c1ccc(Cl)s1)N1CCCC1=O. The molecule has 0 N–H and O–H groups in total. The van der Waals surface area contributed by atoms with E-state index < -0.39 is 0 Å². The molecule has 2 heterocycles. The molecule has 0 atom stereocenters. The van der Waals surface area contributed by atoms with Crippen LogP contribution in [-0.2, 0) is 4.79 Å². The van der Waals surface area contributed by atoms with Gasteiger partial charge in [0.15, 0.2) is 0 Å². The number of carbonyl (C=O) groups is 2. The molecule has 84 valence electrons. The van der Waals surface area contributed by atoms with Gasteiger partial charge in [0.2, 0.25) is 11.7 Å². The Hall–Kier alpha value is -1.13. The molecule has 1 aliphatic heterocycles. The van der Waals surface area contributed by atoms with E-state index in [0.29, 0.717) is 22.2 Å². The summed E-state index contributed by atoms with van der Waals surface area (Å²) in [6.45, 7) is 4.28. The number of rotatable bonds is 3. The summed E-state index contributed by atoms with van der Waals surface area (Å²) in [5.74, 6) is -0.242. The second kappa shape index (κ2) is 4.39. The van der Waals surface area contributed by atoms with E-state index >= 15 is 0 Å². The smallest absolute Gasteiger partial charge is 0.227 e. The zero-order valence-corrected chi connectivity index (χ0v) is 10.1. The average Bonchev–Trinajstić information content (AvgIpc) is 2.85. The van der Waals surface area contributed by atoms with Crippen molar-refractivity contribution in [3.8, 4) is 0 Å². The van der Waals surface area contributed by atoms with Gasteiger partial charge in [0.1, 0.15) is 0 Å². The minimum absolute atomic E-state index is 0.0268. The molecule has 0 radical (unpaired) electrons. The van der Waals surface area contributed by atoms with Gasteiger partial charge in [0.05, 0.1) is 14.9 Å². The van der Waals surface area contributed by atoms with Crippen LogP contribution in [0.2, 0.25) is 4.34 Å². The highest BCUT2D eigenvalue weighted by Gasteiger charge is 2.27. The van der Waals surface area contributed by atoms with Crippen LogP contribution in [-0.4, -0.2) is 23.1 Å². The molecule has 0 saturated carbocycles. The molecule has 1 aromatic heterocycles. The molecule has 1 fully saturated rings. The highest BCUT2D eigenvalue weighted by atomic mass is 35.5. The van der Waals surface area contributed by atoms with Gasteiger partial charge in [-0.2, -0.15) is 0 Å². The number of nitrogens with zero attached hydrogens (tertiary/aromatic N) is 1. The maximum absolute atomic E-state index is 11.9. The summed E-state index contributed by atoms with van der Waals surface area (Å²) in [6, 6.07) is 3.32. The number of halogens is 1. The van der Waals surface area contributed by atoms with Gasteiger partial charge in [0, 0.05) is 13.0 Å². The third-order valence-corrected chi connectivity index (χ3v) is 3.69. The average molecular weight is 256 g/mol. The van der Waals surface area contributed by atoms with Crippen molar-refractivity contribution in [2.75, 3.05) is 6.54 Å². The van der Waals surface area contributed by atoms with Crippen LogP contribution in [0.25, 0.3) is 0 Å². The topological polar surface area (TPSA) is 37.4 Å². The van der Waals surface area contributed by atoms with Gasteiger partial charge in [-0.3, -0.25) is 9.59 Å². The standard InChI is InChI=1S/C11H10ClNO2S/c1-7(13-6-2-3-10(13)14)11(15)8-4-5-9(12)16-8/h4-5H,1-3,6H2. The van der Waals surface area contributed by atoms with Gasteiger partial charge < -0.3 is 4.90 Å². The van der Waals surface area contributed by atoms with Crippen molar-refractivity contribution in [1.82, 2.24) is 4.90 Å². The maximum atomic E-state index is 11.9. The molecule has 0 bridgehead atoms. The van der Waals surface area contributed by atoms with E-state index in [1.807, 2.05) is 0 Å². The number of Topliss-reactive ketones (excluding diaryl/α,β-unsaturated/α-hetero) is 1. The molecular weight excluding hydrogens is 246 g/mol. The summed E-state index contributed by atoms with van der Waals surface area (Å²) < 4.78 is 0.559. The predicted molar refractivity (Wildman–Crippen MR) is 63.7 cm³/mol. The van der Waals surface area contributed by atoms with E-state index in [9.17, 15) is 9.59 Å². The zero-order chi connectivity index (χ0) is 11.7. The molecule has 3 nitrogen and oxygen atoms in total. The van der Waals surface area contributed by atoms with E-state index in [-0.39, 0.29) is 17.4 Å². The van der Waals surface area contributed by atoms with Crippen molar-refractivity contribution in [2.45, 2.75) is 12.8 Å². The first-order valence-electron chi connectivity index (χ1n) is 4.89. The van der Waals surface area contributed by atoms with Crippen LogP contribution in [0.3, 0.4) is 0 Å². The second-order valence-corrected chi connectivity index (χ2v) is 5.24. The van der Waals surface area contributed by atoms with Gasteiger partial charge in [-0.15, -0.1) is 11.3 Å². The Morgan fingerprint density at radius 2 is 2.25 bits per heavy atom.